The van der Waals surface area contributed by atoms with Crippen molar-refractivity contribution in [2.45, 2.75) is 39.7 Å². The van der Waals surface area contributed by atoms with Gasteiger partial charge in [0, 0.05) is 5.38 Å². The van der Waals surface area contributed by atoms with Gasteiger partial charge in [-0.15, -0.1) is 11.3 Å². The smallest absolute Gasteiger partial charge is 0.227 e. The van der Waals surface area contributed by atoms with Crippen LogP contribution in [0, 0.1) is 5.92 Å². The van der Waals surface area contributed by atoms with Gasteiger partial charge in [-0.25, -0.2) is 4.98 Å². The third-order valence-electron chi connectivity index (χ3n) is 2.93. The third-order valence-corrected chi connectivity index (χ3v) is 3.83. The van der Waals surface area contributed by atoms with Gasteiger partial charge in [0.05, 0.1) is 24.9 Å². The van der Waals surface area contributed by atoms with Crippen LogP contribution in [-0.2, 0) is 24.2 Å². The lowest BCUT2D eigenvalue weighted by Gasteiger charge is -2.02. The molecule has 2 aromatic heterocycles. The predicted molar refractivity (Wildman–Crippen MR) is 79.5 cm³/mol. The van der Waals surface area contributed by atoms with E-state index in [0.717, 1.165) is 29.3 Å². The molecular weight excluding hydrogens is 272 g/mol. The van der Waals surface area contributed by atoms with Crippen LogP contribution in [0.4, 0.5) is 0 Å². The number of carbonyl (C=O) groups is 1. The van der Waals surface area contributed by atoms with Crippen LogP contribution in [0.1, 0.15) is 36.7 Å². The summed E-state index contributed by atoms with van der Waals surface area (Å²) in [6.07, 6.45) is 4.06. The quantitative estimate of drug-likeness (QED) is 0.852. The van der Waals surface area contributed by atoms with Gasteiger partial charge in [0.15, 0.2) is 0 Å². The molecule has 2 rings (SSSR count). The molecule has 0 radical (unpaired) electrons. The second-order valence-electron chi connectivity index (χ2n) is 5.20. The van der Waals surface area contributed by atoms with Crippen molar-refractivity contribution in [3.63, 3.8) is 0 Å². The molecule has 0 spiro atoms. The highest BCUT2D eigenvalue weighted by atomic mass is 32.1. The lowest BCUT2D eigenvalue weighted by Crippen LogP contribution is -2.24. The number of rotatable bonds is 7. The highest BCUT2D eigenvalue weighted by Gasteiger charge is 2.09. The van der Waals surface area contributed by atoms with Crippen molar-refractivity contribution in [3.05, 3.63) is 40.2 Å². The van der Waals surface area contributed by atoms with Gasteiger partial charge in [0.25, 0.3) is 0 Å². The topological polar surface area (TPSA) is 55.1 Å². The summed E-state index contributed by atoms with van der Waals surface area (Å²) < 4.78 is 5.16. The monoisotopic (exact) mass is 292 g/mol. The van der Waals surface area contributed by atoms with Crippen molar-refractivity contribution in [2.24, 2.45) is 5.92 Å². The van der Waals surface area contributed by atoms with Gasteiger partial charge in [-0.05, 0) is 30.9 Å². The number of nitrogens with zero attached hydrogens (tertiary/aromatic N) is 1. The number of hydrogen-bond donors (Lipinski definition) is 1. The number of nitrogens with one attached hydrogen (secondary N) is 1. The van der Waals surface area contributed by atoms with Crippen LogP contribution in [0.15, 0.2) is 28.2 Å². The molecule has 4 nitrogen and oxygen atoms in total. The maximum atomic E-state index is 11.8. The summed E-state index contributed by atoms with van der Waals surface area (Å²) in [7, 11) is 0. The Kier molecular flexibility index (Phi) is 5.35. The molecule has 0 saturated carbocycles. The zero-order valence-corrected chi connectivity index (χ0v) is 12.7. The standard InChI is InChI=1S/C15H20N2O2S/c1-11(2)5-6-12-10-20-15(17-12)8-14(18)16-9-13-4-3-7-19-13/h3-4,7,10-11H,5-6,8-9H2,1-2H3,(H,16,18). The Bertz CT molecular complexity index is 532. The SMILES string of the molecule is CC(C)CCc1csc(CC(=O)NCc2ccco2)n1. The highest BCUT2D eigenvalue weighted by Crippen LogP contribution is 2.14. The number of furan rings is 1. The number of hydrogen-bond acceptors (Lipinski definition) is 4. The van der Waals surface area contributed by atoms with Gasteiger partial charge in [-0.2, -0.15) is 0 Å². The Labute approximate surface area is 123 Å². The summed E-state index contributed by atoms with van der Waals surface area (Å²) in [5.74, 6) is 1.41. The predicted octanol–water partition coefficient (Wildman–Crippen LogP) is 3.18. The van der Waals surface area contributed by atoms with E-state index in [1.54, 1.807) is 17.6 Å². The summed E-state index contributed by atoms with van der Waals surface area (Å²) in [4.78, 5) is 16.3. The second kappa shape index (κ2) is 7.24. The molecule has 0 bridgehead atoms. The first-order chi connectivity index (χ1) is 9.63. The number of aryl methyl sites for hydroxylation is 1. The maximum absolute atomic E-state index is 11.8. The van der Waals surface area contributed by atoms with Crippen molar-refractivity contribution in [1.82, 2.24) is 10.3 Å². The van der Waals surface area contributed by atoms with Gasteiger partial charge in [-0.1, -0.05) is 13.8 Å². The molecule has 0 aliphatic rings. The van der Waals surface area contributed by atoms with Crippen LogP contribution in [0.25, 0.3) is 0 Å². The Balaban J connectivity index is 1.76. The Morgan fingerprint density at radius 1 is 1.50 bits per heavy atom. The Morgan fingerprint density at radius 3 is 3.05 bits per heavy atom. The van der Waals surface area contributed by atoms with Crippen LogP contribution in [0.3, 0.4) is 0 Å². The maximum Gasteiger partial charge on any atom is 0.227 e. The van der Waals surface area contributed by atoms with E-state index >= 15 is 0 Å². The molecule has 20 heavy (non-hydrogen) atoms. The van der Waals surface area contributed by atoms with E-state index in [1.807, 2.05) is 12.1 Å². The first-order valence-corrected chi connectivity index (χ1v) is 7.74. The highest BCUT2D eigenvalue weighted by molar-refractivity contribution is 7.09. The molecule has 1 amide bonds. The first kappa shape index (κ1) is 14.8. The molecule has 0 saturated heterocycles. The van der Waals surface area contributed by atoms with Crippen molar-refractivity contribution >= 4 is 17.2 Å². The van der Waals surface area contributed by atoms with E-state index in [2.05, 4.69) is 29.5 Å². The fourth-order valence-electron chi connectivity index (χ4n) is 1.78. The number of amides is 1. The van der Waals surface area contributed by atoms with Gasteiger partial charge in [-0.3, -0.25) is 4.79 Å². The van der Waals surface area contributed by atoms with Gasteiger partial charge < -0.3 is 9.73 Å². The van der Waals surface area contributed by atoms with E-state index < -0.39 is 0 Å². The number of carbonyl (C=O) groups excluding carboxylic acids is 1. The van der Waals surface area contributed by atoms with Crippen LogP contribution in [-0.4, -0.2) is 10.9 Å². The molecule has 0 fully saturated rings. The van der Waals surface area contributed by atoms with E-state index in [0.29, 0.717) is 18.9 Å². The largest absolute Gasteiger partial charge is 0.467 e. The van der Waals surface area contributed by atoms with Crippen LogP contribution < -0.4 is 5.32 Å². The second-order valence-corrected chi connectivity index (χ2v) is 6.14. The van der Waals surface area contributed by atoms with Crippen LogP contribution >= 0.6 is 11.3 Å². The summed E-state index contributed by atoms with van der Waals surface area (Å²) in [5, 5.41) is 5.76. The Morgan fingerprint density at radius 2 is 2.35 bits per heavy atom. The van der Waals surface area contributed by atoms with E-state index in [1.165, 1.54) is 0 Å². The zero-order chi connectivity index (χ0) is 14.4. The van der Waals surface area contributed by atoms with Crippen molar-refractivity contribution < 1.29 is 9.21 Å². The number of thiazole rings is 1. The van der Waals surface area contributed by atoms with Crippen LogP contribution in [0.2, 0.25) is 0 Å². The lowest BCUT2D eigenvalue weighted by molar-refractivity contribution is -0.120. The molecule has 0 unspecified atom stereocenters. The van der Waals surface area contributed by atoms with Crippen molar-refractivity contribution in [2.75, 3.05) is 0 Å². The molecule has 108 valence electrons. The average molecular weight is 292 g/mol. The normalized spacial score (nSPS) is 10.9. The van der Waals surface area contributed by atoms with Crippen molar-refractivity contribution in [1.29, 1.82) is 0 Å². The van der Waals surface area contributed by atoms with Crippen LogP contribution in [0.5, 0.6) is 0 Å². The van der Waals surface area contributed by atoms with Crippen molar-refractivity contribution in [3.8, 4) is 0 Å². The molecular formula is C15H20N2O2S. The minimum Gasteiger partial charge on any atom is -0.467 e. The molecule has 2 heterocycles. The summed E-state index contributed by atoms with van der Waals surface area (Å²) >= 11 is 1.56. The molecule has 5 heteroatoms. The van der Waals surface area contributed by atoms with E-state index in [4.69, 9.17) is 4.42 Å². The Hall–Kier alpha value is -1.62. The third kappa shape index (κ3) is 4.81. The van der Waals surface area contributed by atoms with Gasteiger partial charge >= 0.3 is 0 Å². The molecule has 0 aliphatic carbocycles. The lowest BCUT2D eigenvalue weighted by atomic mass is 10.1. The fourth-order valence-corrected chi connectivity index (χ4v) is 2.61. The average Bonchev–Trinajstić information content (AvgIpc) is 3.05. The molecule has 0 aliphatic heterocycles. The first-order valence-electron chi connectivity index (χ1n) is 6.86. The zero-order valence-electron chi connectivity index (χ0n) is 11.9. The fraction of sp³-hybridized carbons (Fsp3) is 0.467. The molecule has 1 N–H and O–H groups in total. The van der Waals surface area contributed by atoms with E-state index in [9.17, 15) is 4.79 Å². The minimum atomic E-state index is -0.0221. The van der Waals surface area contributed by atoms with E-state index in [-0.39, 0.29) is 5.91 Å². The summed E-state index contributed by atoms with van der Waals surface area (Å²) in [6.45, 7) is 4.84. The number of aromatic nitrogens is 1. The molecule has 2 aromatic rings. The summed E-state index contributed by atoms with van der Waals surface area (Å²) in [5.41, 5.74) is 1.09. The minimum absolute atomic E-state index is 0.0221. The summed E-state index contributed by atoms with van der Waals surface area (Å²) in [6, 6.07) is 3.65. The van der Waals surface area contributed by atoms with Gasteiger partial charge in [0.2, 0.25) is 5.91 Å². The molecule has 0 aromatic carbocycles. The molecule has 0 atom stereocenters. The van der Waals surface area contributed by atoms with Gasteiger partial charge in [0.1, 0.15) is 10.8 Å².